The second kappa shape index (κ2) is 4.48. The molecule has 2 aliphatic carbocycles. The second-order valence-electron chi connectivity index (χ2n) is 7.46. The molecule has 0 radical (unpaired) electrons. The van der Waals surface area contributed by atoms with Crippen LogP contribution < -0.4 is 0 Å². The van der Waals surface area contributed by atoms with Crippen molar-refractivity contribution in [1.29, 1.82) is 0 Å². The Hall–Kier alpha value is -1.54. The number of nitrogens with zero attached hydrogens (tertiary/aromatic N) is 1. The molecule has 0 saturated heterocycles. The molecular formula is C19H23NO. The minimum atomic E-state index is -0.320. The third-order valence-electron chi connectivity index (χ3n) is 5.14. The van der Waals surface area contributed by atoms with Crippen LogP contribution in [0.4, 0.5) is 0 Å². The molecule has 0 aliphatic heterocycles. The molecule has 1 aromatic heterocycles. The minimum Gasteiger partial charge on any atom is -0.388 e. The molecule has 0 spiro atoms. The van der Waals surface area contributed by atoms with E-state index in [9.17, 15) is 5.11 Å². The molecule has 0 amide bonds. The second-order valence-corrected chi connectivity index (χ2v) is 7.46. The van der Waals surface area contributed by atoms with E-state index >= 15 is 0 Å². The molecule has 0 fully saturated rings. The van der Waals surface area contributed by atoms with Crippen LogP contribution in [-0.4, -0.2) is 9.67 Å². The van der Waals surface area contributed by atoms with Crippen LogP contribution in [0, 0.1) is 5.41 Å². The summed E-state index contributed by atoms with van der Waals surface area (Å²) in [5, 5.41) is 10.4. The normalized spacial score (nSPS) is 22.9. The highest BCUT2D eigenvalue weighted by Gasteiger charge is 2.33. The summed E-state index contributed by atoms with van der Waals surface area (Å²) < 4.78 is 2.29. The lowest BCUT2D eigenvalue weighted by Crippen LogP contribution is -2.26. The maximum absolute atomic E-state index is 10.4. The number of rotatable bonds is 1. The SMILES string of the molecule is CC1(C)Cc2c(ccn2-c2ccc3c(c2)CCC3)C(O)C1. The summed E-state index contributed by atoms with van der Waals surface area (Å²) in [7, 11) is 0. The molecule has 4 rings (SSSR count). The lowest BCUT2D eigenvalue weighted by Gasteiger charge is -2.34. The van der Waals surface area contributed by atoms with Crippen LogP contribution in [0.25, 0.3) is 5.69 Å². The van der Waals surface area contributed by atoms with E-state index in [0.29, 0.717) is 0 Å². The van der Waals surface area contributed by atoms with Gasteiger partial charge in [-0.15, -0.1) is 0 Å². The molecule has 2 nitrogen and oxygen atoms in total. The fourth-order valence-corrected chi connectivity index (χ4v) is 4.08. The Balaban J connectivity index is 1.80. The molecule has 0 bridgehead atoms. The summed E-state index contributed by atoms with van der Waals surface area (Å²) in [6.07, 6.45) is 7.42. The molecule has 2 heteroatoms. The standard InChI is InChI=1S/C19H23NO/c1-19(2)11-17-16(18(21)12-19)8-9-20(17)15-7-6-13-4-3-5-14(13)10-15/h6-10,18,21H,3-5,11-12H2,1-2H3. The molecule has 2 aliphatic rings. The number of aromatic nitrogens is 1. The van der Waals surface area contributed by atoms with Gasteiger partial charge in [0.1, 0.15) is 0 Å². The predicted octanol–water partition coefficient (Wildman–Crippen LogP) is 3.97. The first-order chi connectivity index (χ1) is 10.0. The van der Waals surface area contributed by atoms with Gasteiger partial charge in [0.05, 0.1) is 6.10 Å². The largest absolute Gasteiger partial charge is 0.388 e. The average molecular weight is 281 g/mol. The molecule has 0 saturated carbocycles. The number of hydrogen-bond acceptors (Lipinski definition) is 1. The summed E-state index contributed by atoms with van der Waals surface area (Å²) in [6.45, 7) is 4.50. The summed E-state index contributed by atoms with van der Waals surface area (Å²) in [5.74, 6) is 0. The van der Waals surface area contributed by atoms with Gasteiger partial charge in [-0.2, -0.15) is 0 Å². The van der Waals surface area contributed by atoms with Crippen LogP contribution in [0.3, 0.4) is 0 Å². The van der Waals surface area contributed by atoms with Gasteiger partial charge in [-0.1, -0.05) is 19.9 Å². The molecule has 1 heterocycles. The van der Waals surface area contributed by atoms with Crippen LogP contribution >= 0.6 is 0 Å². The third kappa shape index (κ3) is 2.13. The predicted molar refractivity (Wildman–Crippen MR) is 84.9 cm³/mol. The zero-order chi connectivity index (χ0) is 14.6. The fraction of sp³-hybridized carbons (Fsp3) is 0.474. The van der Waals surface area contributed by atoms with E-state index in [4.69, 9.17) is 0 Å². The lowest BCUT2D eigenvalue weighted by atomic mass is 9.75. The first-order valence-electron chi connectivity index (χ1n) is 8.04. The Morgan fingerprint density at radius 2 is 1.95 bits per heavy atom. The lowest BCUT2D eigenvalue weighted by molar-refractivity contribution is 0.0987. The van der Waals surface area contributed by atoms with Crippen LogP contribution in [-0.2, 0) is 19.3 Å². The molecule has 21 heavy (non-hydrogen) atoms. The maximum atomic E-state index is 10.4. The van der Waals surface area contributed by atoms with E-state index in [2.05, 4.69) is 48.9 Å². The zero-order valence-electron chi connectivity index (χ0n) is 12.9. The summed E-state index contributed by atoms with van der Waals surface area (Å²) >= 11 is 0. The minimum absolute atomic E-state index is 0.166. The van der Waals surface area contributed by atoms with Crippen LogP contribution in [0.2, 0.25) is 0 Å². The Labute approximate surface area is 126 Å². The molecular weight excluding hydrogens is 258 g/mol. The fourth-order valence-electron chi connectivity index (χ4n) is 4.08. The van der Waals surface area contributed by atoms with E-state index in [0.717, 1.165) is 18.4 Å². The van der Waals surface area contributed by atoms with Gasteiger partial charge in [-0.05, 0) is 66.8 Å². The van der Waals surface area contributed by atoms with Gasteiger partial charge < -0.3 is 9.67 Å². The van der Waals surface area contributed by atoms with E-state index in [-0.39, 0.29) is 11.5 Å². The zero-order valence-corrected chi connectivity index (χ0v) is 12.9. The van der Waals surface area contributed by atoms with Crippen molar-refractivity contribution in [3.05, 3.63) is 52.8 Å². The highest BCUT2D eigenvalue weighted by Crippen LogP contribution is 2.42. The Bertz CT molecular complexity index is 696. The summed E-state index contributed by atoms with van der Waals surface area (Å²) in [4.78, 5) is 0. The van der Waals surface area contributed by atoms with E-state index in [1.165, 1.54) is 41.8 Å². The molecule has 110 valence electrons. The Kier molecular flexibility index (Phi) is 2.80. The highest BCUT2D eigenvalue weighted by molar-refractivity contribution is 5.46. The number of fused-ring (bicyclic) bond motifs is 2. The van der Waals surface area contributed by atoms with Gasteiger partial charge >= 0.3 is 0 Å². The van der Waals surface area contributed by atoms with Crippen LogP contribution in [0.1, 0.15) is 55.2 Å². The van der Waals surface area contributed by atoms with Crippen molar-refractivity contribution in [3.63, 3.8) is 0 Å². The van der Waals surface area contributed by atoms with Crippen molar-refractivity contribution in [3.8, 4) is 5.69 Å². The van der Waals surface area contributed by atoms with Crippen LogP contribution in [0.5, 0.6) is 0 Å². The Morgan fingerprint density at radius 3 is 2.81 bits per heavy atom. The number of aryl methyl sites for hydroxylation is 2. The summed E-state index contributed by atoms with van der Waals surface area (Å²) in [5.41, 5.74) is 6.85. The van der Waals surface area contributed by atoms with E-state index < -0.39 is 0 Å². The number of benzene rings is 1. The van der Waals surface area contributed by atoms with Gasteiger partial charge in [-0.25, -0.2) is 0 Å². The molecule has 1 N–H and O–H groups in total. The van der Waals surface area contributed by atoms with Crippen molar-refractivity contribution in [2.45, 2.75) is 52.1 Å². The first-order valence-corrected chi connectivity index (χ1v) is 8.04. The highest BCUT2D eigenvalue weighted by atomic mass is 16.3. The average Bonchev–Trinajstić information content (AvgIpc) is 3.02. The van der Waals surface area contributed by atoms with Gasteiger partial charge in [0, 0.05) is 23.1 Å². The third-order valence-corrected chi connectivity index (χ3v) is 5.14. The molecule has 2 aromatic rings. The van der Waals surface area contributed by atoms with Crippen molar-refractivity contribution in [1.82, 2.24) is 4.57 Å². The summed E-state index contributed by atoms with van der Waals surface area (Å²) in [6, 6.07) is 8.96. The number of aliphatic hydroxyl groups is 1. The molecule has 1 unspecified atom stereocenters. The van der Waals surface area contributed by atoms with Gasteiger partial charge in [-0.3, -0.25) is 0 Å². The first kappa shape index (κ1) is 13.1. The maximum Gasteiger partial charge on any atom is 0.0812 e. The topological polar surface area (TPSA) is 25.2 Å². The smallest absolute Gasteiger partial charge is 0.0812 e. The van der Waals surface area contributed by atoms with Crippen molar-refractivity contribution in [2.24, 2.45) is 5.41 Å². The van der Waals surface area contributed by atoms with Gasteiger partial charge in [0.15, 0.2) is 0 Å². The van der Waals surface area contributed by atoms with E-state index in [1.54, 1.807) is 0 Å². The monoisotopic (exact) mass is 281 g/mol. The molecule has 1 aromatic carbocycles. The van der Waals surface area contributed by atoms with E-state index in [1.807, 2.05) is 0 Å². The number of aliphatic hydroxyl groups excluding tert-OH is 1. The van der Waals surface area contributed by atoms with Gasteiger partial charge in [0.25, 0.3) is 0 Å². The van der Waals surface area contributed by atoms with Crippen molar-refractivity contribution < 1.29 is 5.11 Å². The van der Waals surface area contributed by atoms with Gasteiger partial charge in [0.2, 0.25) is 0 Å². The van der Waals surface area contributed by atoms with Crippen LogP contribution in [0.15, 0.2) is 30.5 Å². The number of hydrogen-bond donors (Lipinski definition) is 1. The van der Waals surface area contributed by atoms with Crippen molar-refractivity contribution >= 4 is 0 Å². The molecule has 1 atom stereocenters. The Morgan fingerprint density at radius 1 is 1.14 bits per heavy atom. The van der Waals surface area contributed by atoms with Crippen molar-refractivity contribution in [2.75, 3.05) is 0 Å². The quantitative estimate of drug-likeness (QED) is 0.840.